The Kier molecular flexibility index (Phi) is 6.38. The highest BCUT2D eigenvalue weighted by molar-refractivity contribution is 7.92. The van der Waals surface area contributed by atoms with E-state index in [1.165, 1.54) is 0 Å². The summed E-state index contributed by atoms with van der Waals surface area (Å²) in [4.78, 5) is 6.68. The molecule has 0 spiro atoms. The summed E-state index contributed by atoms with van der Waals surface area (Å²) in [5, 5.41) is 13.8. The van der Waals surface area contributed by atoms with Crippen LogP contribution in [0, 0.1) is 13.8 Å². The average Bonchev–Trinajstić information content (AvgIpc) is 3.35. The lowest BCUT2D eigenvalue weighted by molar-refractivity contribution is 0.475. The molecule has 0 radical (unpaired) electrons. The molecule has 190 valence electrons. The monoisotopic (exact) mass is 533 g/mol. The quantitative estimate of drug-likeness (QED) is 0.308. The molecule has 2 aromatic heterocycles. The predicted molar refractivity (Wildman–Crippen MR) is 150 cm³/mol. The zero-order valence-electron chi connectivity index (χ0n) is 20.6. The Balaban J connectivity index is 1.62. The van der Waals surface area contributed by atoms with Gasteiger partial charge in [0.1, 0.15) is 5.75 Å². The van der Waals surface area contributed by atoms with Gasteiger partial charge < -0.3 is 19.9 Å². The maximum Gasteiger partial charge on any atom is 0.229 e. The van der Waals surface area contributed by atoms with E-state index in [0.717, 1.165) is 40.3 Å². The minimum Gasteiger partial charge on any atom is -0.508 e. The molecule has 1 saturated heterocycles. The SMILES string of the molecule is Cc1cc([C@@H]2[C@H](c3ccccn3)NC(=S)N2c2ccc(NS(C)(=O)=O)cc2)c(C)n1-c1ccc(O)cc1. The number of hydrogen-bond donors (Lipinski definition) is 3. The van der Waals surface area contributed by atoms with E-state index in [4.69, 9.17) is 12.2 Å². The van der Waals surface area contributed by atoms with Gasteiger partial charge in [0.25, 0.3) is 0 Å². The topological polar surface area (TPSA) is 99.5 Å². The minimum absolute atomic E-state index is 0.212. The number of rotatable bonds is 6. The fraction of sp³-hybridized carbons (Fsp3) is 0.185. The van der Waals surface area contributed by atoms with E-state index in [2.05, 4.69) is 44.4 Å². The molecule has 5 rings (SSSR count). The number of aromatic nitrogens is 2. The molecule has 10 heteroatoms. The van der Waals surface area contributed by atoms with E-state index in [9.17, 15) is 13.5 Å². The highest BCUT2D eigenvalue weighted by Gasteiger charge is 2.42. The number of thiocarbonyl (C=S) groups is 1. The number of phenols is 1. The van der Waals surface area contributed by atoms with Crippen LogP contribution < -0.4 is 14.9 Å². The van der Waals surface area contributed by atoms with Gasteiger partial charge >= 0.3 is 0 Å². The fourth-order valence-electron chi connectivity index (χ4n) is 4.94. The van der Waals surface area contributed by atoms with Crippen molar-refractivity contribution in [2.45, 2.75) is 25.9 Å². The number of anilines is 2. The first-order valence-corrected chi connectivity index (χ1v) is 14.0. The summed E-state index contributed by atoms with van der Waals surface area (Å²) in [5.41, 5.74) is 6.28. The van der Waals surface area contributed by atoms with E-state index < -0.39 is 10.0 Å². The molecule has 0 amide bonds. The molecule has 2 aromatic carbocycles. The lowest BCUT2D eigenvalue weighted by Crippen LogP contribution is -2.29. The molecule has 2 atom stereocenters. The van der Waals surface area contributed by atoms with Crippen molar-refractivity contribution in [1.29, 1.82) is 0 Å². The molecule has 0 aliphatic carbocycles. The lowest BCUT2D eigenvalue weighted by Gasteiger charge is -2.28. The first-order valence-electron chi connectivity index (χ1n) is 11.7. The van der Waals surface area contributed by atoms with Crippen molar-refractivity contribution in [3.63, 3.8) is 0 Å². The van der Waals surface area contributed by atoms with E-state index in [0.29, 0.717) is 10.8 Å². The number of nitrogens with zero attached hydrogens (tertiary/aromatic N) is 3. The minimum atomic E-state index is -3.38. The predicted octanol–water partition coefficient (Wildman–Crippen LogP) is 4.74. The molecule has 4 aromatic rings. The van der Waals surface area contributed by atoms with Crippen LogP contribution in [-0.2, 0) is 10.0 Å². The van der Waals surface area contributed by atoms with Crippen molar-refractivity contribution in [3.05, 3.63) is 102 Å². The lowest BCUT2D eigenvalue weighted by atomic mass is 9.96. The maximum absolute atomic E-state index is 11.7. The van der Waals surface area contributed by atoms with Crippen LogP contribution in [0.2, 0.25) is 0 Å². The molecule has 1 fully saturated rings. The van der Waals surface area contributed by atoms with Gasteiger partial charge in [0.2, 0.25) is 10.0 Å². The molecule has 0 saturated carbocycles. The summed E-state index contributed by atoms with van der Waals surface area (Å²) >= 11 is 5.83. The molecule has 3 heterocycles. The van der Waals surface area contributed by atoms with Crippen LogP contribution in [0.5, 0.6) is 5.75 Å². The van der Waals surface area contributed by atoms with Crippen LogP contribution in [0.4, 0.5) is 11.4 Å². The summed E-state index contributed by atoms with van der Waals surface area (Å²) in [6.07, 6.45) is 2.89. The van der Waals surface area contributed by atoms with Crippen LogP contribution in [0.1, 0.15) is 34.7 Å². The van der Waals surface area contributed by atoms with E-state index in [1.54, 1.807) is 30.5 Å². The Morgan fingerprint density at radius 1 is 1.00 bits per heavy atom. The van der Waals surface area contributed by atoms with Crippen molar-refractivity contribution in [3.8, 4) is 11.4 Å². The molecule has 0 unspecified atom stereocenters. The second-order valence-corrected chi connectivity index (χ2v) is 11.2. The van der Waals surface area contributed by atoms with Gasteiger partial charge in [-0.3, -0.25) is 9.71 Å². The normalized spacial score (nSPS) is 17.6. The second kappa shape index (κ2) is 9.53. The number of pyridine rings is 1. The Labute approximate surface area is 221 Å². The summed E-state index contributed by atoms with van der Waals surface area (Å²) in [6, 6.07) is 21.8. The van der Waals surface area contributed by atoms with Crippen LogP contribution >= 0.6 is 12.2 Å². The Morgan fingerprint density at radius 3 is 2.30 bits per heavy atom. The van der Waals surface area contributed by atoms with Crippen molar-refractivity contribution in [2.24, 2.45) is 0 Å². The van der Waals surface area contributed by atoms with Gasteiger partial charge in [0, 0.05) is 34.6 Å². The van der Waals surface area contributed by atoms with E-state index >= 15 is 0 Å². The number of sulfonamides is 1. The highest BCUT2D eigenvalue weighted by Crippen LogP contribution is 2.44. The van der Waals surface area contributed by atoms with Crippen LogP contribution in [0.25, 0.3) is 5.69 Å². The summed E-state index contributed by atoms with van der Waals surface area (Å²) < 4.78 is 28.0. The Hall–Kier alpha value is -3.89. The highest BCUT2D eigenvalue weighted by atomic mass is 32.2. The first kappa shape index (κ1) is 24.8. The maximum atomic E-state index is 11.7. The molecule has 0 bridgehead atoms. The van der Waals surface area contributed by atoms with Gasteiger partial charge in [-0.1, -0.05) is 6.07 Å². The van der Waals surface area contributed by atoms with Gasteiger partial charge in [-0.2, -0.15) is 0 Å². The molecule has 1 aliphatic heterocycles. The number of aromatic hydroxyl groups is 1. The molecule has 37 heavy (non-hydrogen) atoms. The summed E-state index contributed by atoms with van der Waals surface area (Å²) in [7, 11) is -3.38. The standard InChI is InChI=1S/C27H27N5O3S2/c1-17-16-23(18(2)31(17)20-11-13-22(33)14-12-20)26-25(24-6-4-5-15-28-24)29-27(36)32(26)21-9-7-19(8-10-21)30-37(3,34)35/h4-16,25-26,30,33H,1-3H3,(H,29,36)/t25-,26+/m0/s1. The first-order chi connectivity index (χ1) is 17.6. The molecule has 3 N–H and O–H groups in total. The largest absolute Gasteiger partial charge is 0.508 e. The van der Waals surface area contributed by atoms with Gasteiger partial charge in [-0.05, 0) is 98.4 Å². The Bertz CT molecular complexity index is 1550. The third-order valence-corrected chi connectivity index (χ3v) is 7.36. The summed E-state index contributed by atoms with van der Waals surface area (Å²) in [6.45, 7) is 4.12. The van der Waals surface area contributed by atoms with E-state index in [1.807, 2.05) is 42.5 Å². The van der Waals surface area contributed by atoms with Crippen LogP contribution in [0.3, 0.4) is 0 Å². The number of aryl methyl sites for hydroxylation is 1. The smallest absolute Gasteiger partial charge is 0.229 e. The summed E-state index contributed by atoms with van der Waals surface area (Å²) in [5.74, 6) is 0.215. The van der Waals surface area contributed by atoms with Crippen molar-refractivity contribution in [2.75, 3.05) is 15.9 Å². The van der Waals surface area contributed by atoms with Crippen molar-refractivity contribution < 1.29 is 13.5 Å². The zero-order chi connectivity index (χ0) is 26.3. The van der Waals surface area contributed by atoms with Gasteiger partial charge in [-0.25, -0.2) is 8.42 Å². The molecule has 1 aliphatic rings. The molecule has 8 nitrogen and oxygen atoms in total. The van der Waals surface area contributed by atoms with Crippen LogP contribution in [-0.4, -0.2) is 34.4 Å². The number of nitrogens with one attached hydrogen (secondary N) is 2. The molecular weight excluding hydrogens is 506 g/mol. The number of hydrogen-bond acceptors (Lipinski definition) is 5. The third-order valence-electron chi connectivity index (χ3n) is 6.44. The third kappa shape index (κ3) is 4.90. The van der Waals surface area contributed by atoms with Gasteiger partial charge in [0.15, 0.2) is 5.11 Å². The van der Waals surface area contributed by atoms with Gasteiger partial charge in [0.05, 0.1) is 24.0 Å². The number of phenolic OH excluding ortho intramolecular Hbond substituents is 1. The number of benzene rings is 2. The van der Waals surface area contributed by atoms with Gasteiger partial charge in [-0.15, -0.1) is 0 Å². The average molecular weight is 534 g/mol. The zero-order valence-corrected chi connectivity index (χ0v) is 22.2. The Morgan fingerprint density at radius 2 is 1.68 bits per heavy atom. The molecular formula is C27H27N5O3S2. The van der Waals surface area contributed by atoms with Crippen LogP contribution in [0.15, 0.2) is 79.0 Å². The van der Waals surface area contributed by atoms with Crippen molar-refractivity contribution >= 4 is 38.7 Å². The van der Waals surface area contributed by atoms with E-state index in [-0.39, 0.29) is 17.8 Å². The fourth-order valence-corrected chi connectivity index (χ4v) is 5.85. The van der Waals surface area contributed by atoms with Crippen molar-refractivity contribution in [1.82, 2.24) is 14.9 Å². The second-order valence-electron chi connectivity index (χ2n) is 9.10.